The Morgan fingerprint density at radius 1 is 1.15 bits per heavy atom. The number of fused-ring (bicyclic) bond motifs is 3. The lowest BCUT2D eigenvalue weighted by molar-refractivity contribution is 0.271. The molecule has 11 nitrogen and oxygen atoms in total. The number of aromatic nitrogens is 8. The highest BCUT2D eigenvalue weighted by atomic mass is 32.1. The predicted molar refractivity (Wildman–Crippen MR) is 124 cm³/mol. The molecule has 0 radical (unpaired) electrons. The highest BCUT2D eigenvalue weighted by Crippen LogP contribution is 2.44. The molecule has 2 aliphatic rings. The van der Waals surface area contributed by atoms with Crippen LogP contribution in [0, 0.1) is 6.92 Å². The Kier molecular flexibility index (Phi) is 4.50. The van der Waals surface area contributed by atoms with Gasteiger partial charge in [-0.3, -0.25) is 19.2 Å². The van der Waals surface area contributed by atoms with Crippen LogP contribution in [-0.2, 0) is 7.05 Å². The Hall–Kier alpha value is -3.67. The molecule has 168 valence electrons. The van der Waals surface area contributed by atoms with Crippen molar-refractivity contribution < 1.29 is 0 Å². The minimum atomic E-state index is -0.111. The molecule has 4 aromatic rings. The van der Waals surface area contributed by atoms with Gasteiger partial charge in [-0.15, -0.1) is 21.5 Å². The van der Waals surface area contributed by atoms with Crippen LogP contribution in [0.2, 0.25) is 0 Å². The molecular formula is C21H23N11S. The summed E-state index contributed by atoms with van der Waals surface area (Å²) in [5, 5.41) is 23.0. The van der Waals surface area contributed by atoms with Crippen molar-refractivity contribution in [2.45, 2.75) is 38.3 Å². The van der Waals surface area contributed by atoms with Crippen LogP contribution in [0.5, 0.6) is 0 Å². The average molecular weight is 462 g/mol. The van der Waals surface area contributed by atoms with E-state index in [0.717, 1.165) is 40.4 Å². The van der Waals surface area contributed by atoms with E-state index in [0.29, 0.717) is 5.82 Å². The van der Waals surface area contributed by atoms with Gasteiger partial charge in [0.25, 0.3) is 0 Å². The quantitative estimate of drug-likeness (QED) is 0.457. The van der Waals surface area contributed by atoms with Crippen LogP contribution in [-0.4, -0.2) is 57.8 Å². The topological polar surface area (TPSA) is 106 Å². The molecular weight excluding hydrogens is 438 g/mol. The molecule has 6 rings (SSSR count). The first-order valence-electron chi connectivity index (χ1n) is 10.8. The third-order valence-corrected chi connectivity index (χ3v) is 7.03. The first-order valence-corrected chi connectivity index (χ1v) is 11.7. The summed E-state index contributed by atoms with van der Waals surface area (Å²) in [6, 6.07) is 1.91. The van der Waals surface area contributed by atoms with Gasteiger partial charge in [0.1, 0.15) is 28.4 Å². The molecule has 0 spiro atoms. The number of thiazole rings is 1. The van der Waals surface area contributed by atoms with E-state index in [-0.39, 0.29) is 18.0 Å². The van der Waals surface area contributed by atoms with E-state index in [4.69, 9.17) is 9.97 Å². The van der Waals surface area contributed by atoms with Crippen LogP contribution in [0.1, 0.15) is 53.8 Å². The fourth-order valence-corrected chi connectivity index (χ4v) is 5.48. The number of nitrogens with zero attached hydrogens (tertiary/aromatic N) is 11. The summed E-state index contributed by atoms with van der Waals surface area (Å²) in [6.45, 7) is 4.09. The summed E-state index contributed by atoms with van der Waals surface area (Å²) in [5.74, 6) is 3.88. The number of likely N-dealkylation sites (N-methyl/N-ethyl adjacent to an activating group) is 1. The molecule has 33 heavy (non-hydrogen) atoms. The minimum absolute atomic E-state index is 0.0379. The van der Waals surface area contributed by atoms with Crippen LogP contribution in [0.3, 0.4) is 0 Å². The molecule has 3 atom stereocenters. The Morgan fingerprint density at radius 3 is 2.76 bits per heavy atom. The maximum atomic E-state index is 5.12. The summed E-state index contributed by atoms with van der Waals surface area (Å²) in [5.41, 5.74) is 0.848. The van der Waals surface area contributed by atoms with Gasteiger partial charge in [-0.05, 0) is 13.3 Å². The number of hydrogen-bond donors (Lipinski definition) is 0. The minimum Gasteiger partial charge on any atom is -0.297 e. The van der Waals surface area contributed by atoms with E-state index in [1.807, 2.05) is 62.3 Å². The Balaban J connectivity index is 1.53. The average Bonchev–Trinajstić information content (AvgIpc) is 3.60. The van der Waals surface area contributed by atoms with Gasteiger partial charge in [0.15, 0.2) is 17.5 Å². The third-order valence-electron chi connectivity index (χ3n) is 6.19. The summed E-state index contributed by atoms with van der Waals surface area (Å²) in [6.07, 6.45) is 8.36. The van der Waals surface area contributed by atoms with Gasteiger partial charge in [-0.25, -0.2) is 15.0 Å². The van der Waals surface area contributed by atoms with Crippen molar-refractivity contribution in [1.82, 2.24) is 44.5 Å². The van der Waals surface area contributed by atoms with Gasteiger partial charge in [-0.2, -0.15) is 10.2 Å². The molecule has 12 heteroatoms. The Morgan fingerprint density at radius 2 is 2.03 bits per heavy atom. The van der Waals surface area contributed by atoms with Gasteiger partial charge in [0, 0.05) is 44.2 Å². The number of hydrogen-bond acceptors (Lipinski definition) is 10. The fraction of sp³-hybridized carbons (Fsp3) is 0.381. The third kappa shape index (κ3) is 2.97. The second-order valence-electron chi connectivity index (χ2n) is 8.20. The van der Waals surface area contributed by atoms with Crippen molar-refractivity contribution in [3.63, 3.8) is 0 Å². The first kappa shape index (κ1) is 20.0. The summed E-state index contributed by atoms with van der Waals surface area (Å²) >= 11 is 1.62. The van der Waals surface area contributed by atoms with Crippen LogP contribution in [0.15, 0.2) is 35.1 Å². The molecule has 0 amide bonds. The van der Waals surface area contributed by atoms with Gasteiger partial charge >= 0.3 is 0 Å². The summed E-state index contributed by atoms with van der Waals surface area (Å²) in [4.78, 5) is 16.6. The standard InChI is InChI=1S/C21H23N11S/c1-5-14-20-27-26-12(2)31(20)15-11-23-18(25-19(15)32(14)16-6-8-29(3)28-16)13-10-24-30(4)17(13)21-22-7-9-33-21/h6-11,13-14,17H,5H2,1-4H3/t13?,14-,17?/m1/s1. The summed E-state index contributed by atoms with van der Waals surface area (Å²) < 4.78 is 3.85. The number of anilines is 2. The Bertz CT molecular complexity index is 1340. The van der Waals surface area contributed by atoms with E-state index in [1.165, 1.54) is 0 Å². The van der Waals surface area contributed by atoms with Crippen LogP contribution < -0.4 is 4.90 Å². The van der Waals surface area contributed by atoms with Crippen molar-refractivity contribution in [1.29, 1.82) is 0 Å². The molecule has 0 N–H and O–H groups in total. The van der Waals surface area contributed by atoms with Crippen molar-refractivity contribution in [3.05, 3.63) is 52.5 Å². The van der Waals surface area contributed by atoms with E-state index in [9.17, 15) is 0 Å². The van der Waals surface area contributed by atoms with E-state index in [1.54, 1.807) is 16.0 Å². The molecule has 0 saturated heterocycles. The first-order chi connectivity index (χ1) is 16.1. The highest BCUT2D eigenvalue weighted by molar-refractivity contribution is 7.09. The number of aryl methyl sites for hydroxylation is 2. The predicted octanol–water partition coefficient (Wildman–Crippen LogP) is 2.91. The molecule has 0 bridgehead atoms. The monoisotopic (exact) mass is 461 g/mol. The SMILES string of the molecule is CC[C@@H]1c2nnc(C)n2-c2cnc(C3C=NN(C)C3c3nccs3)nc2N1c1ccn(C)n1. The second kappa shape index (κ2) is 7.44. The van der Waals surface area contributed by atoms with Crippen molar-refractivity contribution >= 4 is 29.2 Å². The van der Waals surface area contributed by atoms with Crippen LogP contribution >= 0.6 is 11.3 Å². The van der Waals surface area contributed by atoms with E-state index >= 15 is 0 Å². The molecule has 0 fully saturated rings. The zero-order valence-electron chi connectivity index (χ0n) is 18.7. The van der Waals surface area contributed by atoms with Gasteiger partial charge in [-0.1, -0.05) is 6.92 Å². The summed E-state index contributed by atoms with van der Waals surface area (Å²) in [7, 11) is 3.87. The maximum Gasteiger partial charge on any atom is 0.163 e. The highest BCUT2D eigenvalue weighted by Gasteiger charge is 2.40. The molecule has 6 heterocycles. The lowest BCUT2D eigenvalue weighted by Crippen LogP contribution is -2.33. The molecule has 0 aromatic carbocycles. The maximum absolute atomic E-state index is 5.12. The van der Waals surface area contributed by atoms with E-state index in [2.05, 4.69) is 41.8 Å². The lowest BCUT2D eigenvalue weighted by atomic mass is 10.0. The Labute approximate surface area is 194 Å². The van der Waals surface area contributed by atoms with E-state index < -0.39 is 0 Å². The van der Waals surface area contributed by atoms with Gasteiger partial charge in [0.05, 0.1) is 18.2 Å². The van der Waals surface area contributed by atoms with Crippen LogP contribution in [0.4, 0.5) is 11.6 Å². The molecule has 0 saturated carbocycles. The second-order valence-corrected chi connectivity index (χ2v) is 9.12. The normalized spacial score (nSPS) is 21.5. The smallest absolute Gasteiger partial charge is 0.163 e. The zero-order chi connectivity index (χ0) is 22.7. The van der Waals surface area contributed by atoms with Crippen molar-refractivity contribution in [3.8, 4) is 5.69 Å². The lowest BCUT2D eigenvalue weighted by Gasteiger charge is -2.36. The molecule has 2 unspecified atom stereocenters. The van der Waals surface area contributed by atoms with Crippen molar-refractivity contribution in [2.75, 3.05) is 11.9 Å². The fourth-order valence-electron chi connectivity index (χ4n) is 4.66. The molecule has 0 aliphatic carbocycles. The molecule has 4 aromatic heterocycles. The molecule has 2 aliphatic heterocycles. The largest absolute Gasteiger partial charge is 0.297 e. The van der Waals surface area contributed by atoms with Gasteiger partial charge < -0.3 is 0 Å². The number of hydrazone groups is 1. The number of rotatable bonds is 4. The zero-order valence-corrected chi connectivity index (χ0v) is 19.5. The van der Waals surface area contributed by atoms with Crippen molar-refractivity contribution in [2.24, 2.45) is 12.1 Å². The van der Waals surface area contributed by atoms with Crippen LogP contribution in [0.25, 0.3) is 5.69 Å². The van der Waals surface area contributed by atoms with Gasteiger partial charge in [0.2, 0.25) is 0 Å².